The Morgan fingerprint density at radius 1 is 0.913 bits per heavy atom. The van der Waals surface area contributed by atoms with E-state index in [9.17, 15) is 8.42 Å². The van der Waals surface area contributed by atoms with Crippen LogP contribution in [0, 0.1) is 6.92 Å². The predicted molar refractivity (Wildman–Crippen MR) is 88.8 cm³/mol. The molecule has 114 valence electrons. The van der Waals surface area contributed by atoms with Crippen molar-refractivity contribution in [1.82, 2.24) is 14.4 Å². The van der Waals surface area contributed by atoms with Gasteiger partial charge in [0.2, 0.25) is 0 Å². The van der Waals surface area contributed by atoms with Crippen LogP contribution in [-0.4, -0.2) is 22.8 Å². The summed E-state index contributed by atoms with van der Waals surface area (Å²) in [7, 11) is -3.78. The Morgan fingerprint density at radius 3 is 2.52 bits per heavy atom. The average molecular weight is 323 g/mol. The molecule has 1 aromatic heterocycles. The third-order valence-corrected chi connectivity index (χ3v) is 5.39. The van der Waals surface area contributed by atoms with E-state index in [4.69, 9.17) is 0 Å². The number of benzene rings is 3. The lowest BCUT2D eigenvalue weighted by molar-refractivity contribution is 0.579. The lowest BCUT2D eigenvalue weighted by Gasteiger charge is -2.06. The van der Waals surface area contributed by atoms with Crippen LogP contribution in [0.3, 0.4) is 0 Å². The summed E-state index contributed by atoms with van der Waals surface area (Å²) in [4.78, 5) is 0.198. The van der Waals surface area contributed by atoms with Crippen molar-refractivity contribution in [2.24, 2.45) is 0 Å². The molecule has 0 amide bonds. The molecule has 0 saturated carbocycles. The van der Waals surface area contributed by atoms with Crippen LogP contribution in [-0.2, 0) is 10.0 Å². The molecule has 3 aromatic carbocycles. The quantitative estimate of drug-likeness (QED) is 0.568. The van der Waals surface area contributed by atoms with Gasteiger partial charge in [0.05, 0.1) is 4.90 Å². The maximum atomic E-state index is 12.9. The zero-order valence-electron chi connectivity index (χ0n) is 12.3. The molecule has 23 heavy (non-hydrogen) atoms. The first-order valence-electron chi connectivity index (χ1n) is 7.12. The van der Waals surface area contributed by atoms with Crippen molar-refractivity contribution in [1.29, 1.82) is 0 Å². The minimum absolute atomic E-state index is 0.198. The molecule has 4 rings (SSSR count). The highest BCUT2D eigenvalue weighted by Crippen LogP contribution is 2.23. The molecule has 6 heteroatoms. The van der Waals surface area contributed by atoms with Gasteiger partial charge in [0.25, 0.3) is 10.0 Å². The Morgan fingerprint density at radius 2 is 1.70 bits per heavy atom. The molecule has 0 fully saturated rings. The molecule has 0 N–H and O–H groups in total. The zero-order valence-corrected chi connectivity index (χ0v) is 13.2. The monoisotopic (exact) mass is 323 g/mol. The molecule has 0 aliphatic rings. The standard InChI is InChI=1S/C17H13N3O2S/c1-12-6-9-17-16(10-12)18-19-20(17)23(21,22)15-8-7-13-4-2-3-5-14(13)11-15/h2-11H,1H3. The fourth-order valence-corrected chi connectivity index (χ4v) is 3.88. The Labute approximate surface area is 133 Å². The van der Waals surface area contributed by atoms with E-state index in [1.807, 2.05) is 43.3 Å². The van der Waals surface area contributed by atoms with Crippen molar-refractivity contribution in [3.8, 4) is 0 Å². The van der Waals surface area contributed by atoms with Gasteiger partial charge in [-0.2, -0.15) is 8.42 Å². The molecular weight excluding hydrogens is 310 g/mol. The molecule has 0 atom stereocenters. The number of hydrogen-bond donors (Lipinski definition) is 0. The third kappa shape index (κ3) is 2.19. The zero-order chi connectivity index (χ0) is 16.0. The summed E-state index contributed by atoms with van der Waals surface area (Å²) in [5.74, 6) is 0. The van der Waals surface area contributed by atoms with E-state index < -0.39 is 10.0 Å². The van der Waals surface area contributed by atoms with Gasteiger partial charge in [0.1, 0.15) is 11.0 Å². The van der Waals surface area contributed by atoms with Crippen molar-refractivity contribution in [2.45, 2.75) is 11.8 Å². The summed E-state index contributed by atoms with van der Waals surface area (Å²) in [5, 5.41) is 9.67. The Bertz CT molecular complexity index is 1150. The number of nitrogens with zero attached hydrogens (tertiary/aromatic N) is 3. The van der Waals surface area contributed by atoms with Crippen LogP contribution in [0.4, 0.5) is 0 Å². The van der Waals surface area contributed by atoms with Gasteiger partial charge in [-0.25, -0.2) is 0 Å². The first kappa shape index (κ1) is 13.9. The van der Waals surface area contributed by atoms with Crippen LogP contribution in [0.15, 0.2) is 65.6 Å². The topological polar surface area (TPSA) is 64.8 Å². The molecule has 5 nitrogen and oxygen atoms in total. The van der Waals surface area contributed by atoms with Gasteiger partial charge in [-0.1, -0.05) is 41.6 Å². The number of fused-ring (bicyclic) bond motifs is 2. The molecule has 0 aliphatic carbocycles. The average Bonchev–Trinajstić information content (AvgIpc) is 2.98. The molecule has 0 unspecified atom stereocenters. The highest BCUT2D eigenvalue weighted by Gasteiger charge is 2.21. The first-order chi connectivity index (χ1) is 11.1. The van der Waals surface area contributed by atoms with E-state index in [2.05, 4.69) is 10.3 Å². The number of aromatic nitrogens is 3. The van der Waals surface area contributed by atoms with Gasteiger partial charge in [0, 0.05) is 0 Å². The number of hydrogen-bond acceptors (Lipinski definition) is 4. The molecular formula is C17H13N3O2S. The molecule has 0 radical (unpaired) electrons. The van der Waals surface area contributed by atoms with Gasteiger partial charge >= 0.3 is 0 Å². The van der Waals surface area contributed by atoms with Crippen molar-refractivity contribution in [3.05, 3.63) is 66.2 Å². The van der Waals surface area contributed by atoms with Crippen molar-refractivity contribution in [3.63, 3.8) is 0 Å². The minimum atomic E-state index is -3.78. The van der Waals surface area contributed by atoms with Crippen LogP contribution in [0.25, 0.3) is 21.8 Å². The van der Waals surface area contributed by atoms with Crippen LogP contribution in [0.5, 0.6) is 0 Å². The van der Waals surface area contributed by atoms with E-state index in [1.54, 1.807) is 24.3 Å². The van der Waals surface area contributed by atoms with Gasteiger partial charge in [-0.05, 0) is 47.5 Å². The van der Waals surface area contributed by atoms with Crippen LogP contribution >= 0.6 is 0 Å². The number of aryl methyl sites for hydroxylation is 1. The Balaban J connectivity index is 1.94. The van der Waals surface area contributed by atoms with E-state index in [0.29, 0.717) is 11.0 Å². The Kier molecular flexibility index (Phi) is 2.96. The van der Waals surface area contributed by atoms with Crippen molar-refractivity contribution >= 4 is 31.8 Å². The lowest BCUT2D eigenvalue weighted by atomic mass is 10.1. The van der Waals surface area contributed by atoms with Crippen molar-refractivity contribution < 1.29 is 8.42 Å². The summed E-state index contributed by atoms with van der Waals surface area (Å²) in [5.41, 5.74) is 2.05. The molecule has 0 saturated heterocycles. The molecule has 0 spiro atoms. The van der Waals surface area contributed by atoms with Crippen molar-refractivity contribution in [2.75, 3.05) is 0 Å². The number of rotatable bonds is 2. The van der Waals surface area contributed by atoms with Gasteiger partial charge < -0.3 is 0 Å². The van der Waals surface area contributed by atoms with Gasteiger partial charge in [-0.15, -0.1) is 9.19 Å². The van der Waals surface area contributed by atoms with Gasteiger partial charge in [-0.3, -0.25) is 0 Å². The second-order valence-electron chi connectivity index (χ2n) is 5.44. The van der Waals surface area contributed by atoms with Crippen LogP contribution in [0.2, 0.25) is 0 Å². The second-order valence-corrected chi connectivity index (χ2v) is 7.21. The van der Waals surface area contributed by atoms with Crippen LogP contribution in [0.1, 0.15) is 5.56 Å². The summed E-state index contributed by atoms with van der Waals surface area (Å²) in [6.07, 6.45) is 0. The summed E-state index contributed by atoms with van der Waals surface area (Å²) in [6.45, 7) is 1.93. The predicted octanol–water partition coefficient (Wildman–Crippen LogP) is 3.13. The molecule has 0 aliphatic heterocycles. The molecule has 0 bridgehead atoms. The molecule has 4 aromatic rings. The van der Waals surface area contributed by atoms with Gasteiger partial charge in [0.15, 0.2) is 0 Å². The summed E-state index contributed by atoms with van der Waals surface area (Å²) < 4.78 is 26.8. The fraction of sp³-hybridized carbons (Fsp3) is 0.0588. The minimum Gasteiger partial charge on any atom is -0.199 e. The first-order valence-corrected chi connectivity index (χ1v) is 8.56. The normalized spacial score (nSPS) is 12.0. The maximum absolute atomic E-state index is 12.9. The summed E-state index contributed by atoms with van der Waals surface area (Å²) >= 11 is 0. The third-order valence-electron chi connectivity index (χ3n) is 3.82. The highest BCUT2D eigenvalue weighted by molar-refractivity contribution is 7.90. The largest absolute Gasteiger partial charge is 0.284 e. The van der Waals surface area contributed by atoms with E-state index in [0.717, 1.165) is 20.4 Å². The summed E-state index contributed by atoms with van der Waals surface area (Å²) in [6, 6.07) is 18.1. The SMILES string of the molecule is Cc1ccc2c(c1)nnn2S(=O)(=O)c1ccc2ccccc2c1. The maximum Gasteiger partial charge on any atom is 0.284 e. The van der Waals surface area contributed by atoms with E-state index >= 15 is 0 Å². The van der Waals surface area contributed by atoms with E-state index in [-0.39, 0.29) is 4.90 Å². The van der Waals surface area contributed by atoms with E-state index in [1.165, 1.54) is 0 Å². The smallest absolute Gasteiger partial charge is 0.199 e. The fourth-order valence-electron chi connectivity index (χ4n) is 2.62. The second kappa shape index (κ2) is 4.89. The molecule has 1 heterocycles. The Hall–Kier alpha value is -2.73. The lowest BCUT2D eigenvalue weighted by Crippen LogP contribution is -2.14. The highest BCUT2D eigenvalue weighted by atomic mass is 32.2. The van der Waals surface area contributed by atoms with Crippen LogP contribution < -0.4 is 0 Å².